The zero-order chi connectivity index (χ0) is 18.6. The molecule has 0 radical (unpaired) electrons. The summed E-state index contributed by atoms with van der Waals surface area (Å²) >= 11 is 0. The number of hydrogen-bond acceptors (Lipinski definition) is 4. The molecule has 2 amide bonds. The van der Waals surface area contributed by atoms with Crippen LogP contribution in [-0.4, -0.2) is 52.8 Å². The summed E-state index contributed by atoms with van der Waals surface area (Å²) in [5.41, 5.74) is 1.49. The highest BCUT2D eigenvalue weighted by molar-refractivity contribution is 5.91. The fourth-order valence-corrected chi connectivity index (χ4v) is 3.96. The van der Waals surface area contributed by atoms with Crippen molar-refractivity contribution in [3.05, 3.63) is 36.2 Å². The van der Waals surface area contributed by atoms with E-state index in [1.807, 2.05) is 29.2 Å². The van der Waals surface area contributed by atoms with E-state index >= 15 is 0 Å². The molecule has 142 valence electrons. The maximum atomic E-state index is 12.6. The lowest BCUT2D eigenvalue weighted by molar-refractivity contribution is -0.141. The van der Waals surface area contributed by atoms with Gasteiger partial charge < -0.3 is 14.2 Å². The highest BCUT2D eigenvalue weighted by atomic mass is 16.3. The summed E-state index contributed by atoms with van der Waals surface area (Å²) in [5.74, 6) is 0.835. The van der Waals surface area contributed by atoms with Gasteiger partial charge in [0.05, 0.1) is 0 Å². The van der Waals surface area contributed by atoms with Gasteiger partial charge in [-0.1, -0.05) is 31.4 Å². The molecule has 27 heavy (non-hydrogen) atoms. The van der Waals surface area contributed by atoms with Gasteiger partial charge in [0.15, 0.2) is 5.58 Å². The first-order valence-electron chi connectivity index (χ1n) is 9.82. The summed E-state index contributed by atoms with van der Waals surface area (Å²) in [6, 6.07) is 7.52. The minimum atomic E-state index is -0.0676. The van der Waals surface area contributed by atoms with Gasteiger partial charge in [-0.2, -0.15) is 0 Å². The van der Waals surface area contributed by atoms with Crippen LogP contribution < -0.4 is 0 Å². The number of amides is 2. The molecule has 1 aromatic carbocycles. The number of oxazole rings is 1. The molecule has 0 atom stereocenters. The summed E-state index contributed by atoms with van der Waals surface area (Å²) < 4.78 is 5.60. The van der Waals surface area contributed by atoms with Crippen LogP contribution in [0.2, 0.25) is 0 Å². The number of carbonyl (C=O) groups excluding carboxylic acids is 2. The number of rotatable bonds is 3. The fraction of sp³-hybridized carbons (Fsp3) is 0.476. The number of nitrogens with zero attached hydrogens (tertiary/aromatic N) is 3. The number of aromatic nitrogens is 1. The van der Waals surface area contributed by atoms with E-state index in [4.69, 9.17) is 4.42 Å². The zero-order valence-corrected chi connectivity index (χ0v) is 15.5. The molecular weight excluding hydrogens is 342 g/mol. The molecule has 2 fully saturated rings. The van der Waals surface area contributed by atoms with Crippen molar-refractivity contribution < 1.29 is 14.0 Å². The average molecular weight is 367 g/mol. The van der Waals surface area contributed by atoms with Crippen LogP contribution in [0.4, 0.5) is 0 Å². The molecule has 1 aromatic heterocycles. The number of fused-ring (bicyclic) bond motifs is 1. The van der Waals surface area contributed by atoms with E-state index in [-0.39, 0.29) is 17.7 Å². The van der Waals surface area contributed by atoms with Crippen molar-refractivity contribution in [3.63, 3.8) is 0 Å². The molecular formula is C21H25N3O3. The minimum Gasteiger partial charge on any atom is -0.437 e. The van der Waals surface area contributed by atoms with Crippen LogP contribution in [0.5, 0.6) is 0 Å². The molecule has 1 aliphatic carbocycles. The van der Waals surface area contributed by atoms with Crippen molar-refractivity contribution in [1.29, 1.82) is 0 Å². The van der Waals surface area contributed by atoms with Crippen molar-refractivity contribution in [3.8, 4) is 0 Å². The van der Waals surface area contributed by atoms with Crippen molar-refractivity contribution in [2.75, 3.05) is 26.2 Å². The maximum Gasteiger partial charge on any atom is 0.246 e. The van der Waals surface area contributed by atoms with E-state index < -0.39 is 0 Å². The second-order valence-corrected chi connectivity index (χ2v) is 7.34. The predicted molar refractivity (Wildman–Crippen MR) is 103 cm³/mol. The van der Waals surface area contributed by atoms with Crippen molar-refractivity contribution in [1.82, 2.24) is 14.8 Å². The Morgan fingerprint density at radius 2 is 1.70 bits per heavy atom. The van der Waals surface area contributed by atoms with E-state index in [0.29, 0.717) is 37.7 Å². The average Bonchev–Trinajstić information content (AvgIpc) is 3.15. The molecule has 1 aliphatic heterocycles. The number of benzene rings is 1. The second-order valence-electron chi connectivity index (χ2n) is 7.34. The molecule has 6 nitrogen and oxygen atoms in total. The van der Waals surface area contributed by atoms with E-state index in [1.165, 1.54) is 12.5 Å². The lowest BCUT2D eigenvalue weighted by Crippen LogP contribution is -2.51. The molecule has 2 aliphatic rings. The number of piperazine rings is 1. The summed E-state index contributed by atoms with van der Waals surface area (Å²) in [4.78, 5) is 33.1. The molecule has 0 spiro atoms. The molecule has 4 rings (SSSR count). The maximum absolute atomic E-state index is 12.6. The van der Waals surface area contributed by atoms with Crippen LogP contribution in [0.1, 0.15) is 38.0 Å². The topological polar surface area (TPSA) is 66.7 Å². The van der Waals surface area contributed by atoms with Gasteiger partial charge in [0, 0.05) is 44.2 Å². The van der Waals surface area contributed by atoms with E-state index in [0.717, 1.165) is 31.2 Å². The quantitative estimate of drug-likeness (QED) is 0.782. The SMILES string of the molecule is O=C(/C=C/c1nc2ccccc2o1)N1CCN(C(=O)C2CCCCC2)CC1. The third kappa shape index (κ3) is 4.04. The third-order valence-corrected chi connectivity index (χ3v) is 5.54. The first-order valence-corrected chi connectivity index (χ1v) is 9.82. The first-order chi connectivity index (χ1) is 13.2. The number of carbonyl (C=O) groups is 2. The van der Waals surface area contributed by atoms with E-state index in [2.05, 4.69) is 4.98 Å². The molecule has 2 heterocycles. The third-order valence-electron chi connectivity index (χ3n) is 5.54. The van der Waals surface area contributed by atoms with Crippen LogP contribution in [0.3, 0.4) is 0 Å². The normalized spacial score (nSPS) is 19.1. The molecule has 2 aromatic rings. The highest BCUT2D eigenvalue weighted by Crippen LogP contribution is 2.26. The van der Waals surface area contributed by atoms with Crippen LogP contribution in [0.15, 0.2) is 34.8 Å². The Bertz CT molecular complexity index is 810. The van der Waals surface area contributed by atoms with Gasteiger partial charge in [0.1, 0.15) is 5.52 Å². The zero-order valence-electron chi connectivity index (χ0n) is 15.5. The Labute approximate surface area is 158 Å². The van der Waals surface area contributed by atoms with Gasteiger partial charge in [-0.3, -0.25) is 9.59 Å². The molecule has 6 heteroatoms. The van der Waals surface area contributed by atoms with Gasteiger partial charge in [0.25, 0.3) is 0 Å². The van der Waals surface area contributed by atoms with Crippen molar-refractivity contribution in [2.45, 2.75) is 32.1 Å². The standard InChI is InChI=1S/C21H25N3O3/c25-20(11-10-19-22-17-8-4-5-9-18(17)27-19)23-12-14-24(15-13-23)21(26)16-6-2-1-3-7-16/h4-5,8-11,16H,1-3,6-7,12-15H2/b11-10+. The van der Waals surface area contributed by atoms with Crippen LogP contribution in [-0.2, 0) is 9.59 Å². The lowest BCUT2D eigenvalue weighted by Gasteiger charge is -2.36. The summed E-state index contributed by atoms with van der Waals surface area (Å²) in [6.45, 7) is 2.40. The van der Waals surface area contributed by atoms with Crippen LogP contribution in [0, 0.1) is 5.92 Å². The largest absolute Gasteiger partial charge is 0.437 e. The van der Waals surface area contributed by atoms with Gasteiger partial charge >= 0.3 is 0 Å². The predicted octanol–water partition coefficient (Wildman–Crippen LogP) is 3.09. The Balaban J connectivity index is 1.31. The lowest BCUT2D eigenvalue weighted by atomic mass is 9.88. The van der Waals surface area contributed by atoms with Gasteiger partial charge in [-0.15, -0.1) is 0 Å². The van der Waals surface area contributed by atoms with Gasteiger partial charge in [-0.05, 0) is 25.0 Å². The summed E-state index contributed by atoms with van der Waals surface area (Å²) in [6.07, 6.45) is 8.73. The summed E-state index contributed by atoms with van der Waals surface area (Å²) in [5, 5.41) is 0. The molecule has 1 saturated heterocycles. The number of hydrogen-bond donors (Lipinski definition) is 0. The smallest absolute Gasteiger partial charge is 0.246 e. The van der Waals surface area contributed by atoms with Crippen LogP contribution >= 0.6 is 0 Å². The molecule has 0 N–H and O–H groups in total. The monoisotopic (exact) mass is 367 g/mol. The Hall–Kier alpha value is -2.63. The van der Waals surface area contributed by atoms with Crippen LogP contribution in [0.25, 0.3) is 17.2 Å². The number of para-hydroxylation sites is 2. The Kier molecular flexibility index (Phi) is 5.23. The molecule has 0 bridgehead atoms. The first kappa shape index (κ1) is 17.8. The van der Waals surface area contributed by atoms with E-state index in [9.17, 15) is 9.59 Å². The van der Waals surface area contributed by atoms with Crippen molar-refractivity contribution in [2.24, 2.45) is 5.92 Å². The highest BCUT2D eigenvalue weighted by Gasteiger charge is 2.29. The van der Waals surface area contributed by atoms with Gasteiger partial charge in [-0.25, -0.2) is 4.98 Å². The van der Waals surface area contributed by atoms with E-state index in [1.54, 1.807) is 11.0 Å². The van der Waals surface area contributed by atoms with Gasteiger partial charge in [0.2, 0.25) is 17.7 Å². The Morgan fingerprint density at radius 1 is 1.00 bits per heavy atom. The summed E-state index contributed by atoms with van der Waals surface area (Å²) in [7, 11) is 0. The minimum absolute atomic E-state index is 0.0676. The second kappa shape index (κ2) is 7.94. The fourth-order valence-electron chi connectivity index (χ4n) is 3.96. The van der Waals surface area contributed by atoms with Crippen molar-refractivity contribution >= 4 is 29.0 Å². The molecule has 1 saturated carbocycles. The molecule has 0 unspecified atom stereocenters. The Morgan fingerprint density at radius 3 is 2.44 bits per heavy atom.